The zero-order valence-electron chi connectivity index (χ0n) is 27.1. The Bertz CT molecular complexity index is 1350. The van der Waals surface area contributed by atoms with Gasteiger partial charge in [0.2, 0.25) is 5.91 Å². The SMILES string of the molecule is COC(=O)[C@H](C(C)C)N(C)C(=O)N(C)[C@H]1CCCN(C(=O)[C@H]2CCN2C(c2ccccc2)(c2ccccc2)c2ccccc2)C1. The third-order valence-corrected chi connectivity index (χ3v) is 9.66. The summed E-state index contributed by atoms with van der Waals surface area (Å²) < 4.78 is 4.99. The molecule has 8 nitrogen and oxygen atoms in total. The summed E-state index contributed by atoms with van der Waals surface area (Å²) in [6, 6.07) is 30.0. The Kier molecular flexibility index (Phi) is 9.93. The number of carbonyl (C=O) groups excluding carboxylic acids is 3. The van der Waals surface area contributed by atoms with Gasteiger partial charge in [-0.3, -0.25) is 9.69 Å². The number of benzene rings is 3. The molecule has 2 aliphatic heterocycles. The van der Waals surface area contributed by atoms with Crippen molar-refractivity contribution in [3.8, 4) is 0 Å². The number of likely N-dealkylation sites (N-methyl/N-ethyl adjacent to an activating group) is 2. The first-order chi connectivity index (χ1) is 21.7. The largest absolute Gasteiger partial charge is 0.467 e. The second-order valence-electron chi connectivity index (χ2n) is 12.6. The third-order valence-electron chi connectivity index (χ3n) is 9.66. The predicted molar refractivity (Wildman–Crippen MR) is 175 cm³/mol. The van der Waals surface area contributed by atoms with E-state index in [0.717, 1.165) is 42.5 Å². The van der Waals surface area contributed by atoms with E-state index >= 15 is 0 Å². The van der Waals surface area contributed by atoms with Gasteiger partial charge in [-0.05, 0) is 41.9 Å². The maximum Gasteiger partial charge on any atom is 0.328 e. The molecule has 0 unspecified atom stereocenters. The van der Waals surface area contributed by atoms with Crippen LogP contribution in [-0.2, 0) is 19.9 Å². The van der Waals surface area contributed by atoms with Crippen LogP contribution in [0.3, 0.4) is 0 Å². The molecule has 8 heteroatoms. The molecule has 3 aromatic rings. The van der Waals surface area contributed by atoms with E-state index in [0.29, 0.717) is 13.1 Å². The molecule has 2 saturated heterocycles. The lowest BCUT2D eigenvalue weighted by atomic mass is 9.72. The first-order valence-electron chi connectivity index (χ1n) is 16.0. The number of hydrogen-bond donors (Lipinski definition) is 0. The van der Waals surface area contributed by atoms with Crippen molar-refractivity contribution in [1.82, 2.24) is 19.6 Å². The van der Waals surface area contributed by atoms with Crippen LogP contribution in [0.15, 0.2) is 91.0 Å². The lowest BCUT2D eigenvalue weighted by Gasteiger charge is -2.55. The summed E-state index contributed by atoms with van der Waals surface area (Å²) in [5.74, 6) is -0.437. The number of methoxy groups -OCH3 is 1. The van der Waals surface area contributed by atoms with Crippen molar-refractivity contribution in [3.05, 3.63) is 108 Å². The molecule has 0 N–H and O–H groups in total. The smallest absolute Gasteiger partial charge is 0.328 e. The summed E-state index contributed by atoms with van der Waals surface area (Å²) in [5, 5.41) is 0. The van der Waals surface area contributed by atoms with Gasteiger partial charge < -0.3 is 19.4 Å². The van der Waals surface area contributed by atoms with Crippen molar-refractivity contribution in [1.29, 1.82) is 0 Å². The topological polar surface area (TPSA) is 73.4 Å². The molecule has 0 spiro atoms. The molecule has 3 aromatic carbocycles. The van der Waals surface area contributed by atoms with E-state index < -0.39 is 17.6 Å². The molecule has 45 heavy (non-hydrogen) atoms. The lowest BCUT2D eigenvalue weighted by molar-refractivity contribution is -0.147. The highest BCUT2D eigenvalue weighted by molar-refractivity contribution is 5.85. The van der Waals surface area contributed by atoms with Gasteiger partial charge in [0.1, 0.15) is 6.04 Å². The predicted octanol–water partition coefficient (Wildman–Crippen LogP) is 5.23. The first-order valence-corrected chi connectivity index (χ1v) is 16.0. The van der Waals surface area contributed by atoms with Gasteiger partial charge in [0.05, 0.1) is 24.7 Å². The molecule has 0 bridgehead atoms. The van der Waals surface area contributed by atoms with Gasteiger partial charge in [-0.2, -0.15) is 0 Å². The number of urea groups is 1. The van der Waals surface area contributed by atoms with Crippen LogP contribution in [-0.4, -0.2) is 96.5 Å². The highest BCUT2D eigenvalue weighted by Gasteiger charge is 2.52. The van der Waals surface area contributed by atoms with Crippen LogP contribution in [0.2, 0.25) is 0 Å². The van der Waals surface area contributed by atoms with Gasteiger partial charge in [0.15, 0.2) is 0 Å². The number of carbonyl (C=O) groups is 3. The van der Waals surface area contributed by atoms with Crippen LogP contribution in [0.4, 0.5) is 4.79 Å². The Morgan fingerprint density at radius 2 is 1.31 bits per heavy atom. The van der Waals surface area contributed by atoms with Crippen LogP contribution in [0.25, 0.3) is 0 Å². The molecular weight excluding hydrogens is 564 g/mol. The number of piperidine rings is 1. The fraction of sp³-hybridized carbons (Fsp3) is 0.432. The van der Waals surface area contributed by atoms with E-state index in [1.807, 2.05) is 36.9 Å². The summed E-state index contributed by atoms with van der Waals surface area (Å²) in [5.41, 5.74) is 2.72. The minimum Gasteiger partial charge on any atom is -0.467 e. The van der Waals surface area contributed by atoms with E-state index in [2.05, 4.69) is 77.7 Å². The second-order valence-corrected chi connectivity index (χ2v) is 12.6. The van der Waals surface area contributed by atoms with Gasteiger partial charge >= 0.3 is 12.0 Å². The Balaban J connectivity index is 1.42. The average molecular weight is 611 g/mol. The standard InChI is InChI=1S/C37H46N4O4/c1-27(2)33(35(43)45-5)39(4)36(44)38(3)31-22-15-24-40(26-31)34(42)32-23-25-41(32)37(28-16-9-6-10-17-28,29-18-11-7-12-19-29)30-20-13-8-14-21-30/h6-14,16-21,27,31-33H,15,22-26H2,1-5H3/t31-,32+,33-/m0/s1. The summed E-state index contributed by atoms with van der Waals surface area (Å²) in [6.07, 6.45) is 2.36. The Morgan fingerprint density at radius 3 is 1.73 bits per heavy atom. The fourth-order valence-corrected chi connectivity index (χ4v) is 7.29. The van der Waals surface area contributed by atoms with E-state index in [4.69, 9.17) is 4.74 Å². The number of esters is 1. The minimum atomic E-state index is -0.683. The fourth-order valence-electron chi connectivity index (χ4n) is 7.29. The molecular formula is C37H46N4O4. The quantitative estimate of drug-likeness (QED) is 0.245. The van der Waals surface area contributed by atoms with Gasteiger partial charge in [0.25, 0.3) is 0 Å². The molecule has 2 aliphatic rings. The van der Waals surface area contributed by atoms with Crippen molar-refractivity contribution >= 4 is 17.9 Å². The van der Waals surface area contributed by atoms with Crippen molar-refractivity contribution in [2.45, 2.75) is 56.8 Å². The molecule has 238 valence electrons. The second kappa shape index (κ2) is 13.9. The van der Waals surface area contributed by atoms with Crippen molar-refractivity contribution < 1.29 is 19.1 Å². The van der Waals surface area contributed by atoms with Crippen LogP contribution in [0, 0.1) is 5.92 Å². The van der Waals surface area contributed by atoms with Gasteiger partial charge in [0, 0.05) is 33.7 Å². The molecule has 5 rings (SSSR count). The van der Waals surface area contributed by atoms with Crippen molar-refractivity contribution in [2.75, 3.05) is 40.8 Å². The molecule has 0 radical (unpaired) electrons. The number of hydrogen-bond acceptors (Lipinski definition) is 5. The molecule has 3 amide bonds. The van der Waals surface area contributed by atoms with Crippen molar-refractivity contribution in [2.24, 2.45) is 5.92 Å². The van der Waals surface area contributed by atoms with Crippen LogP contribution >= 0.6 is 0 Å². The first kappa shape index (κ1) is 32.2. The van der Waals surface area contributed by atoms with Gasteiger partial charge in [-0.15, -0.1) is 0 Å². The van der Waals surface area contributed by atoms with Crippen LogP contribution in [0.1, 0.15) is 49.8 Å². The van der Waals surface area contributed by atoms with Crippen LogP contribution in [0.5, 0.6) is 0 Å². The summed E-state index contributed by atoms with van der Waals surface area (Å²) >= 11 is 0. The molecule has 0 saturated carbocycles. The molecule has 3 atom stereocenters. The van der Waals surface area contributed by atoms with E-state index in [1.165, 1.54) is 12.0 Å². The molecule has 2 fully saturated rings. The Morgan fingerprint density at radius 1 is 0.800 bits per heavy atom. The highest BCUT2D eigenvalue weighted by Crippen LogP contribution is 2.47. The number of likely N-dealkylation sites (tertiary alicyclic amines) is 2. The molecule has 0 aliphatic carbocycles. The Hall–Kier alpha value is -4.17. The third kappa shape index (κ3) is 6.08. The molecule has 2 heterocycles. The maximum absolute atomic E-state index is 14.4. The zero-order valence-corrected chi connectivity index (χ0v) is 27.1. The number of rotatable bonds is 9. The Labute approximate surface area is 267 Å². The van der Waals surface area contributed by atoms with Crippen molar-refractivity contribution in [3.63, 3.8) is 0 Å². The van der Waals surface area contributed by atoms with Gasteiger partial charge in [-0.1, -0.05) is 105 Å². The van der Waals surface area contributed by atoms with E-state index in [9.17, 15) is 14.4 Å². The maximum atomic E-state index is 14.4. The summed E-state index contributed by atoms with van der Waals surface area (Å²) in [4.78, 5) is 48.0. The van der Waals surface area contributed by atoms with Gasteiger partial charge in [-0.25, -0.2) is 9.59 Å². The van der Waals surface area contributed by atoms with E-state index in [1.54, 1.807) is 19.0 Å². The normalized spacial score (nSPS) is 19.4. The summed E-state index contributed by atoms with van der Waals surface area (Å²) in [6.45, 7) is 5.69. The average Bonchev–Trinajstić information content (AvgIpc) is 3.06. The van der Waals surface area contributed by atoms with E-state index in [-0.39, 0.29) is 29.9 Å². The van der Waals surface area contributed by atoms with Crippen LogP contribution < -0.4 is 0 Å². The summed E-state index contributed by atoms with van der Waals surface area (Å²) in [7, 11) is 4.76. The number of ether oxygens (including phenoxy) is 1. The monoisotopic (exact) mass is 610 g/mol. The minimum absolute atomic E-state index is 0.0990. The number of nitrogens with zero attached hydrogens (tertiary/aromatic N) is 4. The highest BCUT2D eigenvalue weighted by atomic mass is 16.5. The number of amides is 3. The zero-order chi connectivity index (χ0) is 32.1. The lowest BCUT2D eigenvalue weighted by Crippen LogP contribution is -2.66. The molecule has 0 aromatic heterocycles.